The van der Waals surface area contributed by atoms with Gasteiger partial charge in [0, 0.05) is 26.1 Å². The predicted molar refractivity (Wildman–Crippen MR) is 131 cm³/mol. The first-order valence-corrected chi connectivity index (χ1v) is 12.9. The van der Waals surface area contributed by atoms with Gasteiger partial charge in [0.05, 0.1) is 12.1 Å². The average Bonchev–Trinajstić information content (AvgIpc) is 3.38. The van der Waals surface area contributed by atoms with Crippen molar-refractivity contribution in [3.63, 3.8) is 0 Å². The summed E-state index contributed by atoms with van der Waals surface area (Å²) in [6, 6.07) is 10.1. The second kappa shape index (κ2) is 10.3. The Kier molecular flexibility index (Phi) is 7.36. The molecule has 3 heterocycles. The molecule has 9 nitrogen and oxygen atoms in total. The van der Waals surface area contributed by atoms with E-state index in [9.17, 15) is 19.2 Å². The summed E-state index contributed by atoms with van der Waals surface area (Å²) in [5, 5.41) is 2.25. The Morgan fingerprint density at radius 1 is 1.14 bits per heavy atom. The summed E-state index contributed by atoms with van der Waals surface area (Å²) in [6.07, 6.45) is 0. The largest absolute Gasteiger partial charge is 0.497 e. The fourth-order valence-corrected chi connectivity index (χ4v) is 6.51. The molecular formula is C24H26N2O7S2. The molecule has 2 amide bonds. The lowest BCUT2D eigenvalue weighted by Crippen LogP contribution is -2.74. The number of esters is 2. The molecule has 3 atom stereocenters. The number of hydrogen-bond acceptors (Lipinski definition) is 9. The highest BCUT2D eigenvalue weighted by Crippen LogP contribution is 2.46. The number of thiophene rings is 1. The van der Waals surface area contributed by atoms with Gasteiger partial charge in [0.25, 0.3) is 0 Å². The Labute approximate surface area is 211 Å². The van der Waals surface area contributed by atoms with Crippen LogP contribution in [0, 0.1) is 5.41 Å². The molecule has 0 radical (unpaired) electrons. The summed E-state index contributed by atoms with van der Waals surface area (Å²) in [5.41, 5.74) is -0.430. The van der Waals surface area contributed by atoms with Crippen LogP contribution in [0.25, 0.3) is 0 Å². The minimum Gasteiger partial charge on any atom is -0.497 e. The highest BCUT2D eigenvalue weighted by atomic mass is 32.2. The third kappa shape index (κ3) is 5.01. The molecule has 2 unspecified atom stereocenters. The topological polar surface area (TPSA) is 102 Å². The number of amides is 2. The summed E-state index contributed by atoms with van der Waals surface area (Å²) in [7, 11) is 1.57. The zero-order valence-electron chi connectivity index (χ0n) is 19.6. The van der Waals surface area contributed by atoms with Crippen molar-refractivity contribution in [1.82, 2.24) is 4.90 Å². The van der Waals surface area contributed by atoms with E-state index in [0.717, 1.165) is 5.56 Å². The van der Waals surface area contributed by atoms with Crippen molar-refractivity contribution in [1.29, 1.82) is 0 Å². The van der Waals surface area contributed by atoms with Gasteiger partial charge in [-0.3, -0.25) is 24.1 Å². The van der Waals surface area contributed by atoms with E-state index in [4.69, 9.17) is 14.2 Å². The van der Waals surface area contributed by atoms with Crippen LogP contribution in [0.4, 0.5) is 5.00 Å². The van der Waals surface area contributed by atoms with Gasteiger partial charge in [-0.15, -0.1) is 23.1 Å². The summed E-state index contributed by atoms with van der Waals surface area (Å²) in [4.78, 5) is 53.5. The lowest BCUT2D eigenvalue weighted by molar-refractivity contribution is -0.169. The number of carbonyl (C=O) groups is 4. The Morgan fingerprint density at radius 3 is 2.49 bits per heavy atom. The maximum Gasteiger partial charge on any atom is 0.318 e. The van der Waals surface area contributed by atoms with Crippen LogP contribution in [0.1, 0.15) is 19.4 Å². The monoisotopic (exact) mass is 518 g/mol. The van der Waals surface area contributed by atoms with E-state index in [-0.39, 0.29) is 42.7 Å². The molecular weight excluding hydrogens is 492 g/mol. The normalized spacial score (nSPS) is 23.1. The number of β-lactam (4-membered cyclic amide) rings is 1. The Balaban J connectivity index is 1.49. The van der Waals surface area contributed by atoms with E-state index < -0.39 is 23.4 Å². The number of benzene rings is 1. The highest BCUT2D eigenvalue weighted by molar-refractivity contribution is 8.00. The first-order chi connectivity index (χ1) is 16.8. The van der Waals surface area contributed by atoms with E-state index in [2.05, 4.69) is 0 Å². The predicted octanol–water partition coefficient (Wildman–Crippen LogP) is 2.69. The lowest BCUT2D eigenvalue weighted by atomic mass is 9.87. The van der Waals surface area contributed by atoms with Crippen LogP contribution in [-0.4, -0.2) is 66.1 Å². The molecule has 0 aliphatic carbocycles. The molecule has 35 heavy (non-hydrogen) atoms. The Morgan fingerprint density at radius 2 is 1.89 bits per heavy atom. The molecule has 4 rings (SSSR count). The number of thioether (sulfide) groups is 1. The van der Waals surface area contributed by atoms with Crippen LogP contribution < -0.4 is 9.64 Å². The molecule has 2 saturated heterocycles. The van der Waals surface area contributed by atoms with Gasteiger partial charge in [0.1, 0.15) is 35.8 Å². The van der Waals surface area contributed by atoms with Crippen LogP contribution in [-0.2, 0) is 35.3 Å². The van der Waals surface area contributed by atoms with Gasteiger partial charge in [0.15, 0.2) is 0 Å². The first kappa shape index (κ1) is 25.1. The molecule has 1 aromatic heterocycles. The van der Waals surface area contributed by atoms with Gasteiger partial charge >= 0.3 is 11.9 Å². The second-order valence-corrected chi connectivity index (χ2v) is 10.5. The number of fused-ring (bicyclic) bond motifs is 1. The zero-order valence-corrected chi connectivity index (χ0v) is 21.2. The number of methoxy groups -OCH3 is 1. The summed E-state index contributed by atoms with van der Waals surface area (Å²) in [6.45, 7) is 2.59. The molecule has 11 heteroatoms. The summed E-state index contributed by atoms with van der Waals surface area (Å²) in [5.74, 6) is -0.564. The van der Waals surface area contributed by atoms with Crippen LogP contribution in [0.15, 0.2) is 41.8 Å². The number of carbonyl (C=O) groups excluding carboxylic acids is 4. The fourth-order valence-electron chi connectivity index (χ4n) is 4.14. The first-order valence-electron chi connectivity index (χ1n) is 10.9. The number of hydrogen-bond donors (Lipinski definition) is 0. The number of anilines is 1. The van der Waals surface area contributed by atoms with Crippen LogP contribution in [0.3, 0.4) is 0 Å². The van der Waals surface area contributed by atoms with Crippen LogP contribution in [0.2, 0.25) is 0 Å². The van der Waals surface area contributed by atoms with E-state index in [1.54, 1.807) is 42.3 Å². The van der Waals surface area contributed by atoms with Crippen LogP contribution >= 0.6 is 23.1 Å². The molecule has 0 saturated carbocycles. The van der Waals surface area contributed by atoms with E-state index >= 15 is 0 Å². The molecule has 0 spiro atoms. The van der Waals surface area contributed by atoms with E-state index in [1.165, 1.54) is 41.8 Å². The Hall–Kier alpha value is -3.05. The van der Waals surface area contributed by atoms with E-state index in [0.29, 0.717) is 10.8 Å². The average molecular weight is 519 g/mol. The number of rotatable bonds is 8. The van der Waals surface area contributed by atoms with Gasteiger partial charge in [0.2, 0.25) is 11.8 Å². The van der Waals surface area contributed by atoms with Gasteiger partial charge < -0.3 is 19.1 Å². The third-order valence-corrected chi connectivity index (χ3v) is 8.43. The molecule has 0 N–H and O–H groups in total. The zero-order chi connectivity index (χ0) is 25.2. The smallest absolute Gasteiger partial charge is 0.318 e. The molecule has 2 aliphatic heterocycles. The van der Waals surface area contributed by atoms with Crippen molar-refractivity contribution in [2.75, 3.05) is 30.9 Å². The van der Waals surface area contributed by atoms with Gasteiger partial charge in [-0.2, -0.15) is 0 Å². The minimum atomic E-state index is -1.20. The molecule has 0 bridgehead atoms. The number of ether oxygens (including phenoxy) is 3. The molecule has 2 fully saturated rings. The van der Waals surface area contributed by atoms with Crippen molar-refractivity contribution in [2.45, 2.75) is 31.9 Å². The number of nitrogens with zero attached hydrogens (tertiary/aromatic N) is 2. The van der Waals surface area contributed by atoms with E-state index in [1.807, 2.05) is 11.4 Å². The van der Waals surface area contributed by atoms with Gasteiger partial charge in [-0.05, 0) is 35.2 Å². The van der Waals surface area contributed by atoms with Crippen LogP contribution in [0.5, 0.6) is 5.75 Å². The molecule has 1 aromatic carbocycles. The SMILES string of the molecule is COc1ccc(COC(=O)C2(COC(C)=O)CS[C@@H]3C(N(C(C)=O)c4cccs4)C(=O)N3C2)cc1. The van der Waals surface area contributed by atoms with Crippen molar-refractivity contribution in [2.24, 2.45) is 5.41 Å². The highest BCUT2D eigenvalue weighted by Gasteiger charge is 2.60. The van der Waals surface area contributed by atoms with Crippen molar-refractivity contribution >= 4 is 51.9 Å². The summed E-state index contributed by atoms with van der Waals surface area (Å²) >= 11 is 2.78. The quantitative estimate of drug-likeness (QED) is 0.388. The fraction of sp³-hybridized carbons (Fsp3) is 0.417. The standard InChI is InChI=1S/C24H26N2O7S2/c1-15(27)26(19-5-4-10-34-19)20-21(29)25-12-24(13-33-16(2)28,14-35-22(20)25)23(30)32-11-17-6-8-18(31-3)9-7-17/h4-10,20,22H,11-14H2,1-3H3/t20?,22-,24?/m1/s1. The van der Waals surface area contributed by atoms with Gasteiger partial charge in [-0.1, -0.05) is 12.1 Å². The van der Waals surface area contributed by atoms with Gasteiger partial charge in [-0.25, -0.2) is 0 Å². The van der Waals surface area contributed by atoms with Crippen molar-refractivity contribution in [3.05, 3.63) is 47.3 Å². The maximum absolute atomic E-state index is 13.3. The summed E-state index contributed by atoms with van der Waals surface area (Å²) < 4.78 is 16.0. The Bertz CT molecular complexity index is 1110. The van der Waals surface area contributed by atoms with Crippen molar-refractivity contribution in [3.8, 4) is 5.75 Å². The molecule has 186 valence electrons. The second-order valence-electron chi connectivity index (χ2n) is 8.44. The lowest BCUT2D eigenvalue weighted by Gasteiger charge is -2.55. The minimum absolute atomic E-state index is 0.0335. The molecule has 2 aliphatic rings. The molecule has 2 aromatic rings. The van der Waals surface area contributed by atoms with Crippen molar-refractivity contribution < 1.29 is 33.4 Å². The third-order valence-electron chi connectivity index (χ3n) is 5.99. The maximum atomic E-state index is 13.3.